The summed E-state index contributed by atoms with van der Waals surface area (Å²) in [4.78, 5) is 2.06. The second kappa shape index (κ2) is 8.77. The van der Waals surface area contributed by atoms with E-state index in [4.69, 9.17) is 10.5 Å². The third-order valence-electron chi connectivity index (χ3n) is 3.73. The van der Waals surface area contributed by atoms with Crippen molar-refractivity contribution in [2.75, 3.05) is 30.8 Å². The van der Waals surface area contributed by atoms with Gasteiger partial charge in [0.25, 0.3) is 0 Å². The summed E-state index contributed by atoms with van der Waals surface area (Å²) in [6, 6.07) is 13.0. The number of rotatable bonds is 2. The molecule has 0 unspecified atom stereocenters. The number of halogens is 2. The van der Waals surface area contributed by atoms with Crippen LogP contribution in [0.4, 0.5) is 15.8 Å². The predicted molar refractivity (Wildman–Crippen MR) is 97.6 cm³/mol. The van der Waals surface area contributed by atoms with Crippen molar-refractivity contribution >= 4 is 27.3 Å². The number of nitrogen functional groups attached to an aromatic ring is 1. The van der Waals surface area contributed by atoms with Crippen LogP contribution >= 0.6 is 15.9 Å². The van der Waals surface area contributed by atoms with Crippen LogP contribution in [0.5, 0.6) is 5.75 Å². The Labute approximate surface area is 145 Å². The number of nitrogens with zero attached hydrogens (tertiary/aromatic N) is 1. The summed E-state index contributed by atoms with van der Waals surface area (Å²) < 4.78 is 20.0. The lowest BCUT2D eigenvalue weighted by Crippen LogP contribution is -2.30. The second-order valence-electron chi connectivity index (χ2n) is 5.39. The van der Waals surface area contributed by atoms with E-state index in [0.717, 1.165) is 30.4 Å². The Morgan fingerprint density at radius 3 is 2.26 bits per heavy atom. The van der Waals surface area contributed by atoms with Crippen molar-refractivity contribution in [2.24, 2.45) is 0 Å². The first-order valence-electron chi connectivity index (χ1n) is 7.70. The van der Waals surface area contributed by atoms with Gasteiger partial charge in [-0.3, -0.25) is 0 Å². The minimum Gasteiger partial charge on any atom is -0.495 e. The van der Waals surface area contributed by atoms with Gasteiger partial charge >= 0.3 is 0 Å². The zero-order chi connectivity index (χ0) is 16.7. The highest BCUT2D eigenvalue weighted by Gasteiger charge is 2.17. The number of hydrogen-bond acceptors (Lipinski definition) is 3. The van der Waals surface area contributed by atoms with Crippen LogP contribution in [0.2, 0.25) is 0 Å². The zero-order valence-corrected chi connectivity index (χ0v) is 14.9. The minimum atomic E-state index is -0.264. The van der Waals surface area contributed by atoms with Crippen molar-refractivity contribution in [2.45, 2.75) is 19.3 Å². The number of benzene rings is 2. The molecule has 124 valence electrons. The molecule has 3 rings (SSSR count). The average molecular weight is 381 g/mol. The Bertz CT molecular complexity index is 616. The van der Waals surface area contributed by atoms with Gasteiger partial charge in [-0.05, 0) is 31.4 Å². The van der Waals surface area contributed by atoms with E-state index >= 15 is 0 Å². The van der Waals surface area contributed by atoms with Crippen molar-refractivity contribution < 1.29 is 9.13 Å². The molecule has 1 saturated heterocycles. The smallest absolute Gasteiger partial charge is 0.148 e. The van der Waals surface area contributed by atoms with E-state index in [1.54, 1.807) is 13.2 Å². The molecule has 5 heteroatoms. The van der Waals surface area contributed by atoms with Crippen LogP contribution in [-0.4, -0.2) is 20.2 Å². The van der Waals surface area contributed by atoms with Crippen LogP contribution in [0, 0.1) is 5.82 Å². The highest BCUT2D eigenvalue weighted by molar-refractivity contribution is 9.10. The number of anilines is 2. The molecule has 2 N–H and O–H groups in total. The Hall–Kier alpha value is -1.75. The Balaban J connectivity index is 0.000000229. The Kier molecular flexibility index (Phi) is 6.71. The van der Waals surface area contributed by atoms with Gasteiger partial charge in [0.15, 0.2) is 0 Å². The van der Waals surface area contributed by atoms with Crippen LogP contribution in [-0.2, 0) is 0 Å². The van der Waals surface area contributed by atoms with Gasteiger partial charge in [0.2, 0.25) is 0 Å². The molecule has 0 amide bonds. The molecule has 3 nitrogen and oxygen atoms in total. The molecule has 23 heavy (non-hydrogen) atoms. The van der Waals surface area contributed by atoms with E-state index in [1.807, 2.05) is 30.3 Å². The van der Waals surface area contributed by atoms with E-state index in [1.165, 1.54) is 12.5 Å². The maximum Gasteiger partial charge on any atom is 0.148 e. The van der Waals surface area contributed by atoms with Gasteiger partial charge in [0, 0.05) is 29.7 Å². The molecule has 0 radical (unpaired) electrons. The van der Waals surface area contributed by atoms with Crippen LogP contribution < -0.4 is 15.4 Å². The third-order valence-corrected chi connectivity index (χ3v) is 4.26. The summed E-state index contributed by atoms with van der Waals surface area (Å²) in [6.45, 7) is 1.81. The quantitative estimate of drug-likeness (QED) is 0.756. The molecule has 1 aliphatic heterocycles. The standard InChI is InChI=1S/C12H17FN2O.C6H5Br/c1-16-12-8-11(9(13)7-10(12)14)15-5-3-2-4-6-15;7-6-4-2-1-3-5-6/h7-8H,2-6,14H2,1H3;1-5H. The lowest BCUT2D eigenvalue weighted by molar-refractivity contribution is 0.415. The molecule has 1 heterocycles. The fraction of sp³-hybridized carbons (Fsp3) is 0.333. The van der Waals surface area contributed by atoms with Gasteiger partial charge in [0.1, 0.15) is 11.6 Å². The van der Waals surface area contributed by atoms with Crippen LogP contribution in [0.3, 0.4) is 0 Å². The monoisotopic (exact) mass is 380 g/mol. The maximum absolute atomic E-state index is 13.8. The van der Waals surface area contributed by atoms with Crippen LogP contribution in [0.15, 0.2) is 46.9 Å². The van der Waals surface area contributed by atoms with Gasteiger partial charge in [-0.15, -0.1) is 0 Å². The predicted octanol–water partition coefficient (Wildman–Crippen LogP) is 4.86. The second-order valence-corrected chi connectivity index (χ2v) is 6.30. The molecule has 0 aliphatic carbocycles. The third kappa shape index (κ3) is 5.13. The Morgan fingerprint density at radius 2 is 1.74 bits per heavy atom. The normalized spacial score (nSPS) is 14.0. The molecule has 0 aromatic heterocycles. The fourth-order valence-electron chi connectivity index (χ4n) is 2.53. The summed E-state index contributed by atoms with van der Waals surface area (Å²) >= 11 is 3.31. The summed E-state index contributed by atoms with van der Waals surface area (Å²) in [6.07, 6.45) is 3.46. The molecule has 0 bridgehead atoms. The first-order valence-corrected chi connectivity index (χ1v) is 8.49. The van der Waals surface area contributed by atoms with Crippen molar-refractivity contribution in [1.82, 2.24) is 0 Å². The lowest BCUT2D eigenvalue weighted by atomic mass is 10.1. The number of hydrogen-bond donors (Lipinski definition) is 1. The molecule has 0 atom stereocenters. The number of piperidine rings is 1. The summed E-state index contributed by atoms with van der Waals surface area (Å²) in [5, 5.41) is 0. The van der Waals surface area contributed by atoms with Crippen LogP contribution in [0.25, 0.3) is 0 Å². The van der Waals surface area contributed by atoms with Gasteiger partial charge < -0.3 is 15.4 Å². The van der Waals surface area contributed by atoms with Crippen LogP contribution in [0.1, 0.15) is 19.3 Å². The van der Waals surface area contributed by atoms with Gasteiger partial charge in [-0.2, -0.15) is 0 Å². The first-order chi connectivity index (χ1) is 11.1. The fourth-order valence-corrected chi connectivity index (χ4v) is 2.83. The highest BCUT2D eigenvalue weighted by Crippen LogP contribution is 2.31. The zero-order valence-electron chi connectivity index (χ0n) is 13.3. The summed E-state index contributed by atoms with van der Waals surface area (Å²) in [5.74, 6) is 0.280. The topological polar surface area (TPSA) is 38.5 Å². The lowest BCUT2D eigenvalue weighted by Gasteiger charge is -2.29. The average Bonchev–Trinajstić information content (AvgIpc) is 2.57. The highest BCUT2D eigenvalue weighted by atomic mass is 79.9. The molecular weight excluding hydrogens is 359 g/mol. The van der Waals surface area contributed by atoms with E-state index in [9.17, 15) is 4.39 Å². The molecule has 1 fully saturated rings. The molecule has 0 saturated carbocycles. The molecule has 2 aromatic rings. The van der Waals surface area contributed by atoms with E-state index in [0.29, 0.717) is 17.1 Å². The summed E-state index contributed by atoms with van der Waals surface area (Å²) in [7, 11) is 1.55. The van der Waals surface area contributed by atoms with E-state index < -0.39 is 0 Å². The van der Waals surface area contributed by atoms with Crippen molar-refractivity contribution in [1.29, 1.82) is 0 Å². The van der Waals surface area contributed by atoms with E-state index in [2.05, 4.69) is 20.8 Å². The number of ether oxygens (including phenoxy) is 1. The van der Waals surface area contributed by atoms with E-state index in [-0.39, 0.29) is 5.82 Å². The maximum atomic E-state index is 13.8. The molecular formula is C18H22BrFN2O. The van der Waals surface area contributed by atoms with Crippen molar-refractivity contribution in [3.05, 3.63) is 52.8 Å². The number of methoxy groups -OCH3 is 1. The van der Waals surface area contributed by atoms with Crippen molar-refractivity contribution in [3.8, 4) is 5.75 Å². The summed E-state index contributed by atoms with van der Waals surface area (Å²) in [5.41, 5.74) is 6.60. The van der Waals surface area contributed by atoms with Gasteiger partial charge in [-0.1, -0.05) is 34.1 Å². The minimum absolute atomic E-state index is 0.264. The van der Waals surface area contributed by atoms with Gasteiger partial charge in [-0.25, -0.2) is 4.39 Å². The Morgan fingerprint density at radius 1 is 1.09 bits per heavy atom. The molecule has 1 aliphatic rings. The molecule has 2 aromatic carbocycles. The first kappa shape index (κ1) is 17.6. The van der Waals surface area contributed by atoms with Gasteiger partial charge in [0.05, 0.1) is 18.5 Å². The SMILES string of the molecule is Brc1ccccc1.COc1cc(N2CCCCC2)c(F)cc1N. The van der Waals surface area contributed by atoms with Crippen molar-refractivity contribution in [3.63, 3.8) is 0 Å². The number of nitrogens with two attached hydrogens (primary N) is 1. The largest absolute Gasteiger partial charge is 0.495 e. The molecule has 0 spiro atoms.